The number of hydrogen-bond acceptors (Lipinski definition) is 6. The van der Waals surface area contributed by atoms with Crippen LogP contribution in [0.5, 0.6) is 0 Å². The average Bonchev–Trinajstić information content (AvgIpc) is 2.90. The Bertz CT molecular complexity index is 908. The zero-order chi connectivity index (χ0) is 18.5. The molecule has 0 fully saturated rings. The molecule has 0 radical (unpaired) electrons. The predicted molar refractivity (Wildman–Crippen MR) is 93.2 cm³/mol. The fraction of sp³-hybridized carbons (Fsp3) is 0.105. The van der Waals surface area contributed by atoms with Crippen molar-refractivity contribution in [3.8, 4) is 11.8 Å². The molecule has 2 aromatic rings. The number of nitrogens with zero attached hydrogens (tertiary/aromatic N) is 2. The molecule has 1 N–H and O–H groups in total. The van der Waals surface area contributed by atoms with E-state index >= 15 is 0 Å². The first kappa shape index (κ1) is 17.4. The monoisotopic (exact) mass is 349 g/mol. The van der Waals surface area contributed by atoms with Crippen molar-refractivity contribution in [2.45, 2.75) is 0 Å². The normalized spacial score (nSPS) is 12.4. The fourth-order valence-electron chi connectivity index (χ4n) is 2.36. The predicted octanol–water partition coefficient (Wildman–Crippen LogP) is 1.78. The maximum Gasteiger partial charge on any atom is 0.285 e. The van der Waals surface area contributed by atoms with Crippen LogP contribution in [-0.2, 0) is 9.68 Å². The lowest BCUT2D eigenvalue weighted by Gasteiger charge is -2.10. The molecule has 0 unspecified atom stereocenters. The van der Waals surface area contributed by atoms with E-state index in [9.17, 15) is 9.59 Å². The third-order valence-corrected chi connectivity index (χ3v) is 3.52. The van der Waals surface area contributed by atoms with E-state index in [1.54, 1.807) is 42.5 Å². The molecule has 7 heteroatoms. The Hall–Kier alpha value is -3.47. The van der Waals surface area contributed by atoms with Gasteiger partial charge in [-0.15, -0.1) is 5.06 Å². The molecule has 0 saturated heterocycles. The minimum Gasteiger partial charge on any atom is -0.279 e. The third-order valence-electron chi connectivity index (χ3n) is 3.52. The van der Waals surface area contributed by atoms with Crippen molar-refractivity contribution in [1.82, 2.24) is 15.5 Å². The topological polar surface area (TPSA) is 80.8 Å². The van der Waals surface area contributed by atoms with Crippen LogP contribution >= 0.6 is 0 Å². The Morgan fingerprint density at radius 3 is 2.50 bits per heavy atom. The van der Waals surface area contributed by atoms with Crippen LogP contribution in [0.4, 0.5) is 0 Å². The number of amides is 2. The van der Waals surface area contributed by atoms with Gasteiger partial charge < -0.3 is 0 Å². The molecule has 0 spiro atoms. The van der Waals surface area contributed by atoms with E-state index in [2.05, 4.69) is 28.9 Å². The second-order valence-corrected chi connectivity index (χ2v) is 5.22. The Kier molecular flexibility index (Phi) is 5.08. The molecule has 0 atom stereocenters. The summed E-state index contributed by atoms with van der Waals surface area (Å²) in [6, 6.07) is 11.8. The van der Waals surface area contributed by atoms with E-state index < -0.39 is 11.8 Å². The summed E-state index contributed by atoms with van der Waals surface area (Å²) in [5.74, 6) is 4.56. The van der Waals surface area contributed by atoms with Crippen LogP contribution in [0, 0.1) is 11.8 Å². The first-order chi connectivity index (χ1) is 12.6. The van der Waals surface area contributed by atoms with Gasteiger partial charge in [-0.25, -0.2) is 9.82 Å². The molecule has 0 bridgehead atoms. The number of hydrogen-bond donors (Lipinski definition) is 1. The van der Waals surface area contributed by atoms with Crippen LogP contribution in [0.3, 0.4) is 0 Å². The van der Waals surface area contributed by atoms with Gasteiger partial charge in [-0.05, 0) is 30.2 Å². The van der Waals surface area contributed by atoms with Gasteiger partial charge in [-0.3, -0.25) is 19.9 Å². The van der Waals surface area contributed by atoms with E-state index in [4.69, 9.17) is 9.68 Å². The summed E-state index contributed by atoms with van der Waals surface area (Å²) < 4.78 is 0. The lowest BCUT2D eigenvalue weighted by atomic mass is 10.1. The number of benzene rings is 1. The van der Waals surface area contributed by atoms with Crippen molar-refractivity contribution in [2.24, 2.45) is 0 Å². The van der Waals surface area contributed by atoms with Gasteiger partial charge in [0.1, 0.15) is 12.3 Å². The van der Waals surface area contributed by atoms with Crippen molar-refractivity contribution in [3.63, 3.8) is 0 Å². The van der Waals surface area contributed by atoms with E-state index in [0.29, 0.717) is 28.2 Å². The van der Waals surface area contributed by atoms with Gasteiger partial charge in [0.05, 0.1) is 29.6 Å². The van der Waals surface area contributed by atoms with Gasteiger partial charge in [-0.1, -0.05) is 30.7 Å². The SMILES string of the molecule is C=C(NOC)c1cccc(C#CCON2C(=O)c3ccccc3C2=O)n1. The van der Waals surface area contributed by atoms with Crippen LogP contribution in [0.1, 0.15) is 32.1 Å². The standard InChI is InChI=1S/C19H15N3O4/c1-13(21-25-2)17-11-5-7-14(20-17)8-6-12-26-22-18(23)15-9-3-4-10-16(15)19(22)24/h3-5,7,9-11,21H,1,12H2,2H3. The zero-order valence-corrected chi connectivity index (χ0v) is 14.0. The first-order valence-corrected chi connectivity index (χ1v) is 7.66. The van der Waals surface area contributed by atoms with Crippen molar-refractivity contribution >= 4 is 17.5 Å². The van der Waals surface area contributed by atoms with E-state index in [1.165, 1.54) is 7.11 Å². The quantitative estimate of drug-likeness (QED) is 0.503. The summed E-state index contributed by atoms with van der Waals surface area (Å²) >= 11 is 0. The molecule has 3 rings (SSSR count). The van der Waals surface area contributed by atoms with Crippen LogP contribution in [0.15, 0.2) is 49.0 Å². The molecule has 0 saturated carbocycles. The summed E-state index contributed by atoms with van der Waals surface area (Å²) in [4.78, 5) is 38.6. The van der Waals surface area contributed by atoms with Crippen LogP contribution in [0.25, 0.3) is 5.70 Å². The molecule has 1 aromatic carbocycles. The lowest BCUT2D eigenvalue weighted by molar-refractivity contribution is -0.0782. The molecule has 0 aliphatic carbocycles. The van der Waals surface area contributed by atoms with Crippen molar-refractivity contribution in [3.05, 3.63) is 71.6 Å². The molecule has 1 aliphatic rings. The highest BCUT2D eigenvalue weighted by Gasteiger charge is 2.36. The molecule has 130 valence electrons. The number of aromatic nitrogens is 1. The molecular formula is C19H15N3O4. The van der Waals surface area contributed by atoms with E-state index in [0.717, 1.165) is 5.06 Å². The van der Waals surface area contributed by atoms with Crippen LogP contribution < -0.4 is 5.48 Å². The summed E-state index contributed by atoms with van der Waals surface area (Å²) in [7, 11) is 1.48. The number of carbonyl (C=O) groups is 2. The van der Waals surface area contributed by atoms with Crippen molar-refractivity contribution < 1.29 is 19.3 Å². The maximum absolute atomic E-state index is 12.1. The second-order valence-electron chi connectivity index (χ2n) is 5.22. The Balaban J connectivity index is 1.64. The number of rotatable bonds is 5. The number of fused-ring (bicyclic) bond motifs is 1. The molecule has 1 aromatic heterocycles. The highest BCUT2D eigenvalue weighted by atomic mass is 16.7. The Labute approximate surface area is 150 Å². The van der Waals surface area contributed by atoms with Gasteiger partial charge in [0.15, 0.2) is 0 Å². The van der Waals surface area contributed by atoms with Crippen LogP contribution in [-0.4, -0.2) is 35.6 Å². The summed E-state index contributed by atoms with van der Waals surface area (Å²) in [6.07, 6.45) is 0. The molecule has 2 amide bonds. The second kappa shape index (κ2) is 7.61. The highest BCUT2D eigenvalue weighted by molar-refractivity contribution is 6.20. The number of pyridine rings is 1. The van der Waals surface area contributed by atoms with E-state index in [-0.39, 0.29) is 6.61 Å². The summed E-state index contributed by atoms with van der Waals surface area (Å²) in [5.41, 5.74) is 4.82. The van der Waals surface area contributed by atoms with Gasteiger partial charge >= 0.3 is 0 Å². The van der Waals surface area contributed by atoms with Crippen molar-refractivity contribution in [2.75, 3.05) is 13.7 Å². The van der Waals surface area contributed by atoms with Crippen molar-refractivity contribution in [1.29, 1.82) is 0 Å². The maximum atomic E-state index is 12.1. The first-order valence-electron chi connectivity index (χ1n) is 7.66. The fourth-order valence-corrected chi connectivity index (χ4v) is 2.36. The Morgan fingerprint density at radius 1 is 1.15 bits per heavy atom. The molecule has 7 nitrogen and oxygen atoms in total. The minimum absolute atomic E-state index is 0.130. The third kappa shape index (κ3) is 3.47. The lowest BCUT2D eigenvalue weighted by Crippen LogP contribution is -2.30. The number of hydroxylamine groups is 3. The molecule has 26 heavy (non-hydrogen) atoms. The number of carbonyl (C=O) groups excluding carboxylic acids is 2. The number of imide groups is 1. The zero-order valence-electron chi connectivity index (χ0n) is 14.0. The summed E-state index contributed by atoms with van der Waals surface area (Å²) in [6.45, 7) is 3.66. The van der Waals surface area contributed by atoms with Crippen LogP contribution in [0.2, 0.25) is 0 Å². The number of nitrogens with one attached hydrogen (secondary N) is 1. The molecular weight excluding hydrogens is 334 g/mol. The van der Waals surface area contributed by atoms with Gasteiger partial charge in [-0.2, -0.15) is 0 Å². The minimum atomic E-state index is -0.491. The van der Waals surface area contributed by atoms with E-state index in [1.807, 2.05) is 0 Å². The highest BCUT2D eigenvalue weighted by Crippen LogP contribution is 2.22. The largest absolute Gasteiger partial charge is 0.285 e. The summed E-state index contributed by atoms with van der Waals surface area (Å²) in [5, 5.41) is 0.730. The van der Waals surface area contributed by atoms with Gasteiger partial charge in [0.2, 0.25) is 0 Å². The molecule has 1 aliphatic heterocycles. The smallest absolute Gasteiger partial charge is 0.279 e. The Morgan fingerprint density at radius 2 is 1.85 bits per heavy atom. The molecule has 2 heterocycles. The van der Waals surface area contributed by atoms with Gasteiger partial charge in [0, 0.05) is 0 Å². The van der Waals surface area contributed by atoms with Gasteiger partial charge in [0.25, 0.3) is 11.8 Å². The average molecular weight is 349 g/mol.